The van der Waals surface area contributed by atoms with Crippen molar-refractivity contribution in [1.82, 2.24) is 20.0 Å². The van der Waals surface area contributed by atoms with Crippen LogP contribution in [0.25, 0.3) is 0 Å². The summed E-state index contributed by atoms with van der Waals surface area (Å²) in [6, 6.07) is 20.5. The molecule has 0 aliphatic carbocycles. The summed E-state index contributed by atoms with van der Waals surface area (Å²) in [5.41, 5.74) is 6.92. The molecule has 8 nitrogen and oxygen atoms in total. The van der Waals surface area contributed by atoms with Crippen LogP contribution >= 0.6 is 0 Å². The van der Waals surface area contributed by atoms with Gasteiger partial charge in [-0.1, -0.05) is 48.5 Å². The van der Waals surface area contributed by atoms with Crippen LogP contribution in [0.5, 0.6) is 5.75 Å². The molecule has 240 valence electrons. The van der Waals surface area contributed by atoms with E-state index in [0.717, 1.165) is 73.5 Å². The average molecular weight is 613 g/mol. The Balaban J connectivity index is 1.39. The number of carbonyl (C=O) groups is 2. The molecule has 0 unspecified atom stereocenters. The molecule has 1 amide bonds. The Labute approximate surface area is 268 Å². The first-order valence-corrected chi connectivity index (χ1v) is 16.4. The number of carbonyl (C=O) groups excluding carboxylic acids is 2. The predicted octanol–water partition coefficient (Wildman–Crippen LogP) is 4.70. The summed E-state index contributed by atoms with van der Waals surface area (Å²) in [6.45, 7) is 13.4. The maximum atomic E-state index is 13.9. The summed E-state index contributed by atoms with van der Waals surface area (Å²) in [6.07, 6.45) is 1.92. The van der Waals surface area contributed by atoms with Crippen molar-refractivity contribution in [2.45, 2.75) is 46.1 Å². The van der Waals surface area contributed by atoms with E-state index in [-0.39, 0.29) is 17.9 Å². The zero-order valence-corrected chi connectivity index (χ0v) is 27.1. The van der Waals surface area contributed by atoms with Gasteiger partial charge in [0.2, 0.25) is 0 Å². The number of phenols is 1. The van der Waals surface area contributed by atoms with E-state index in [0.29, 0.717) is 50.4 Å². The fourth-order valence-corrected chi connectivity index (χ4v) is 6.72. The highest BCUT2D eigenvalue weighted by molar-refractivity contribution is 5.94. The fourth-order valence-electron chi connectivity index (χ4n) is 6.72. The monoisotopic (exact) mass is 612 g/mol. The molecule has 3 aromatic rings. The maximum absolute atomic E-state index is 13.9. The van der Waals surface area contributed by atoms with Gasteiger partial charge in [0.1, 0.15) is 5.75 Å². The Bertz CT molecular complexity index is 1450. The van der Waals surface area contributed by atoms with Crippen LogP contribution in [0.2, 0.25) is 0 Å². The van der Waals surface area contributed by atoms with Gasteiger partial charge in [-0.15, -0.1) is 0 Å². The van der Waals surface area contributed by atoms with Crippen molar-refractivity contribution in [3.63, 3.8) is 0 Å². The normalized spacial score (nSPS) is 17.1. The molecule has 2 aliphatic heterocycles. The van der Waals surface area contributed by atoms with Gasteiger partial charge in [-0.05, 0) is 73.7 Å². The quantitative estimate of drug-likeness (QED) is 0.321. The highest BCUT2D eigenvalue weighted by Gasteiger charge is 2.29. The first kappa shape index (κ1) is 32.7. The lowest BCUT2D eigenvalue weighted by atomic mass is 9.87. The average Bonchev–Trinajstić information content (AvgIpc) is 3.31. The van der Waals surface area contributed by atoms with Crippen molar-refractivity contribution < 1.29 is 19.4 Å². The number of rotatable bonds is 10. The first-order chi connectivity index (χ1) is 21.9. The highest BCUT2D eigenvalue weighted by Crippen LogP contribution is 2.39. The van der Waals surface area contributed by atoms with Crippen LogP contribution in [-0.2, 0) is 16.0 Å². The number of nitrogens with zero attached hydrogens (tertiary/aromatic N) is 3. The molecule has 2 fully saturated rings. The lowest BCUT2D eigenvalue weighted by molar-refractivity contribution is -0.143. The number of aryl methyl sites for hydroxylation is 1. The van der Waals surface area contributed by atoms with Crippen molar-refractivity contribution in [2.24, 2.45) is 0 Å². The molecule has 2 aliphatic rings. The van der Waals surface area contributed by atoms with Crippen molar-refractivity contribution in [3.05, 3.63) is 99.6 Å². The van der Waals surface area contributed by atoms with Crippen molar-refractivity contribution in [1.29, 1.82) is 0 Å². The van der Waals surface area contributed by atoms with Crippen LogP contribution in [0, 0.1) is 13.8 Å². The first-order valence-electron chi connectivity index (χ1n) is 16.4. The van der Waals surface area contributed by atoms with E-state index in [1.807, 2.05) is 49.1 Å². The van der Waals surface area contributed by atoms with E-state index < -0.39 is 0 Å². The number of amides is 1. The van der Waals surface area contributed by atoms with Crippen LogP contribution < -0.4 is 5.32 Å². The Morgan fingerprint density at radius 3 is 2.47 bits per heavy atom. The summed E-state index contributed by atoms with van der Waals surface area (Å²) in [5.74, 6) is 0.227. The number of hydrogen-bond donors (Lipinski definition) is 2. The highest BCUT2D eigenvalue weighted by atomic mass is 16.5. The number of benzene rings is 3. The number of phenolic OH excluding ortho intramolecular Hbond substituents is 1. The minimum absolute atomic E-state index is 0.0390. The van der Waals surface area contributed by atoms with Crippen LogP contribution in [0.4, 0.5) is 0 Å². The van der Waals surface area contributed by atoms with Crippen LogP contribution in [0.1, 0.15) is 69.5 Å². The lowest BCUT2D eigenvalue weighted by Gasteiger charge is -2.37. The molecule has 5 rings (SSSR count). The molecule has 0 saturated carbocycles. The van der Waals surface area contributed by atoms with Gasteiger partial charge in [-0.2, -0.15) is 0 Å². The van der Waals surface area contributed by atoms with Gasteiger partial charge in [-0.25, -0.2) is 0 Å². The Hall–Kier alpha value is -3.72. The fraction of sp³-hybridized carbons (Fsp3) is 0.459. The SMILES string of the molecule is CCOC(=O)CCN1CCCN(C(=O)c2cccc([C@H](c3cc(C)c(Cc4ccccc4)c(O)c3C)N3CCNCC3)c2)CC1. The minimum atomic E-state index is -0.171. The van der Waals surface area contributed by atoms with Gasteiger partial charge >= 0.3 is 5.97 Å². The van der Waals surface area contributed by atoms with E-state index >= 15 is 0 Å². The van der Waals surface area contributed by atoms with Crippen molar-refractivity contribution in [2.75, 3.05) is 65.5 Å². The van der Waals surface area contributed by atoms with Gasteiger partial charge in [-0.3, -0.25) is 14.5 Å². The van der Waals surface area contributed by atoms with E-state index in [1.165, 1.54) is 5.56 Å². The van der Waals surface area contributed by atoms with Gasteiger partial charge in [0.25, 0.3) is 5.91 Å². The Morgan fingerprint density at radius 1 is 0.933 bits per heavy atom. The molecule has 8 heteroatoms. The standard InChI is InChI=1S/C37H48N4O4/c1-4-45-34(42)14-19-39-17-9-18-41(23-22-39)37(44)31-13-8-12-30(26-31)35(40-20-15-38-16-21-40)33-24-27(2)32(36(43)28(33)3)25-29-10-6-5-7-11-29/h5-8,10-13,24,26,35,38,43H,4,9,14-23,25H2,1-3H3/t35-/m1/s1. The minimum Gasteiger partial charge on any atom is -0.507 e. The largest absolute Gasteiger partial charge is 0.507 e. The molecule has 0 bridgehead atoms. The molecule has 45 heavy (non-hydrogen) atoms. The van der Waals surface area contributed by atoms with E-state index in [2.05, 4.69) is 52.4 Å². The molecule has 0 radical (unpaired) electrons. The number of nitrogens with one attached hydrogen (secondary N) is 1. The second-order valence-electron chi connectivity index (χ2n) is 12.3. The molecule has 2 N–H and O–H groups in total. The summed E-state index contributed by atoms with van der Waals surface area (Å²) in [5, 5.41) is 15.0. The third-order valence-electron chi connectivity index (χ3n) is 9.22. The molecule has 1 atom stereocenters. The molecule has 0 aromatic heterocycles. The lowest BCUT2D eigenvalue weighted by Crippen LogP contribution is -2.45. The summed E-state index contributed by atoms with van der Waals surface area (Å²) in [4.78, 5) is 32.4. The number of hydrogen-bond acceptors (Lipinski definition) is 7. The van der Waals surface area contributed by atoms with Gasteiger partial charge in [0, 0.05) is 69.9 Å². The third-order valence-corrected chi connectivity index (χ3v) is 9.22. The molecular formula is C37H48N4O4. The van der Waals surface area contributed by atoms with Gasteiger partial charge in [0.15, 0.2) is 0 Å². The number of aromatic hydroxyl groups is 1. The van der Waals surface area contributed by atoms with E-state index in [1.54, 1.807) is 0 Å². The second-order valence-corrected chi connectivity index (χ2v) is 12.3. The van der Waals surface area contributed by atoms with Crippen LogP contribution in [0.15, 0.2) is 60.7 Å². The van der Waals surface area contributed by atoms with Crippen LogP contribution in [-0.4, -0.2) is 97.2 Å². The predicted molar refractivity (Wildman–Crippen MR) is 178 cm³/mol. The maximum Gasteiger partial charge on any atom is 0.307 e. The molecule has 0 spiro atoms. The molecule has 3 aromatic carbocycles. The van der Waals surface area contributed by atoms with Crippen LogP contribution in [0.3, 0.4) is 0 Å². The van der Waals surface area contributed by atoms with Gasteiger partial charge in [0.05, 0.1) is 19.1 Å². The van der Waals surface area contributed by atoms with Crippen molar-refractivity contribution >= 4 is 11.9 Å². The molecule has 2 saturated heterocycles. The Kier molecular flexibility index (Phi) is 11.3. The number of ether oxygens (including phenoxy) is 1. The van der Waals surface area contributed by atoms with Gasteiger partial charge < -0.3 is 25.0 Å². The zero-order chi connectivity index (χ0) is 31.8. The third kappa shape index (κ3) is 8.12. The van der Waals surface area contributed by atoms with Crippen molar-refractivity contribution in [3.8, 4) is 5.75 Å². The topological polar surface area (TPSA) is 85.3 Å². The summed E-state index contributed by atoms with van der Waals surface area (Å²) < 4.78 is 5.09. The molecular weight excluding hydrogens is 564 g/mol. The Morgan fingerprint density at radius 2 is 1.71 bits per heavy atom. The van der Waals surface area contributed by atoms with E-state index in [4.69, 9.17) is 4.74 Å². The molecule has 2 heterocycles. The number of esters is 1. The number of piperazine rings is 1. The smallest absolute Gasteiger partial charge is 0.307 e. The van der Waals surface area contributed by atoms with E-state index in [9.17, 15) is 14.7 Å². The zero-order valence-electron chi connectivity index (χ0n) is 27.1. The summed E-state index contributed by atoms with van der Waals surface area (Å²) in [7, 11) is 0. The second kappa shape index (κ2) is 15.5. The summed E-state index contributed by atoms with van der Waals surface area (Å²) >= 11 is 0.